The maximum absolute atomic E-state index is 13.1. The summed E-state index contributed by atoms with van der Waals surface area (Å²) < 4.78 is 44.6. The van der Waals surface area contributed by atoms with Crippen LogP contribution in [-0.2, 0) is 15.8 Å². The van der Waals surface area contributed by atoms with Crippen LogP contribution in [0.4, 0.5) is 23.7 Å². The summed E-state index contributed by atoms with van der Waals surface area (Å²) >= 11 is 5.95. The van der Waals surface area contributed by atoms with E-state index in [1.807, 2.05) is 5.32 Å². The van der Waals surface area contributed by atoms with Gasteiger partial charge >= 0.3 is 12.2 Å². The quantitative estimate of drug-likeness (QED) is 0.435. The van der Waals surface area contributed by atoms with Crippen LogP contribution in [0.2, 0.25) is 5.02 Å². The first-order valence-electron chi connectivity index (χ1n) is 8.57. The molecule has 0 aliphatic carbocycles. The van der Waals surface area contributed by atoms with E-state index in [2.05, 4.69) is 5.92 Å². The molecule has 2 aromatic rings. The first-order chi connectivity index (χ1) is 14.6. The first kappa shape index (κ1) is 21.9. The number of para-hydroxylation sites is 1. The largest absolute Gasteiger partial charge is 0.480 e. The van der Waals surface area contributed by atoms with E-state index in [-0.39, 0.29) is 17.4 Å². The van der Waals surface area contributed by atoms with Crippen molar-refractivity contribution < 1.29 is 32.3 Å². The Bertz CT molecular complexity index is 1150. The number of anilines is 1. The van der Waals surface area contributed by atoms with E-state index in [1.54, 1.807) is 18.2 Å². The Morgan fingerprint density at radius 1 is 1.16 bits per heavy atom. The molecule has 0 saturated carbocycles. The number of ether oxygens (including phenoxy) is 1. The van der Waals surface area contributed by atoms with Crippen molar-refractivity contribution in [1.82, 2.24) is 5.32 Å². The molecule has 1 fully saturated rings. The van der Waals surface area contributed by atoms with Crippen LogP contribution in [-0.4, -0.2) is 24.5 Å². The molecule has 0 radical (unpaired) electrons. The number of imide groups is 2. The van der Waals surface area contributed by atoms with Gasteiger partial charge in [-0.25, -0.2) is 9.69 Å². The van der Waals surface area contributed by atoms with Crippen LogP contribution in [0, 0.1) is 12.3 Å². The minimum absolute atomic E-state index is 0.0786. The normalized spacial score (nSPS) is 15.6. The number of halogens is 4. The van der Waals surface area contributed by atoms with E-state index in [9.17, 15) is 27.6 Å². The average molecular weight is 449 g/mol. The smallest absolute Gasteiger partial charge is 0.416 e. The van der Waals surface area contributed by atoms with E-state index >= 15 is 0 Å². The molecule has 31 heavy (non-hydrogen) atoms. The summed E-state index contributed by atoms with van der Waals surface area (Å²) in [7, 11) is 0. The molecule has 4 amide bonds. The Morgan fingerprint density at radius 3 is 2.55 bits per heavy atom. The predicted molar refractivity (Wildman–Crippen MR) is 106 cm³/mol. The second-order valence-electron chi connectivity index (χ2n) is 6.15. The lowest BCUT2D eigenvalue weighted by Gasteiger charge is -2.27. The highest BCUT2D eigenvalue weighted by Gasteiger charge is 2.39. The zero-order chi connectivity index (χ0) is 22.8. The Hall–Kier alpha value is -3.77. The van der Waals surface area contributed by atoms with Crippen molar-refractivity contribution in [3.05, 3.63) is 64.2 Å². The molecule has 1 aliphatic heterocycles. The van der Waals surface area contributed by atoms with Gasteiger partial charge in [0.1, 0.15) is 17.9 Å². The number of benzene rings is 2. The molecule has 0 atom stereocenters. The van der Waals surface area contributed by atoms with Gasteiger partial charge in [0.25, 0.3) is 11.8 Å². The van der Waals surface area contributed by atoms with Gasteiger partial charge in [0.15, 0.2) is 0 Å². The molecule has 1 aliphatic rings. The van der Waals surface area contributed by atoms with E-state index in [1.165, 1.54) is 6.07 Å². The number of barbiturate groups is 1. The maximum Gasteiger partial charge on any atom is 0.416 e. The second-order valence-corrected chi connectivity index (χ2v) is 6.56. The lowest BCUT2D eigenvalue weighted by Crippen LogP contribution is -2.54. The zero-order valence-electron chi connectivity index (χ0n) is 15.5. The minimum Gasteiger partial charge on any atom is -0.480 e. The van der Waals surface area contributed by atoms with E-state index in [4.69, 9.17) is 22.8 Å². The fraction of sp³-hybridized carbons (Fsp3) is 0.0952. The van der Waals surface area contributed by atoms with Gasteiger partial charge in [-0.1, -0.05) is 35.7 Å². The molecule has 158 valence electrons. The van der Waals surface area contributed by atoms with Gasteiger partial charge in [-0.2, -0.15) is 13.2 Å². The molecule has 0 unspecified atom stereocenters. The van der Waals surface area contributed by atoms with Crippen LogP contribution in [0.1, 0.15) is 11.1 Å². The van der Waals surface area contributed by atoms with Crippen molar-refractivity contribution in [3.63, 3.8) is 0 Å². The van der Waals surface area contributed by atoms with E-state index < -0.39 is 40.8 Å². The third kappa shape index (κ3) is 4.54. The van der Waals surface area contributed by atoms with Crippen LogP contribution < -0.4 is 15.0 Å². The monoisotopic (exact) mass is 448 g/mol. The number of urea groups is 1. The minimum atomic E-state index is -4.74. The molecule has 2 aromatic carbocycles. The standard InChI is InChI=1S/C21H12ClF3N2O4/c1-2-9-31-17-6-4-3-5-12(17)10-14-18(28)26-20(30)27(19(14)29)16-11-13(21(23,24)25)7-8-15(16)22/h1,3-8,10-11H,9H2,(H,26,28,30). The highest BCUT2D eigenvalue weighted by Crippen LogP contribution is 2.36. The van der Waals surface area contributed by atoms with Crippen LogP contribution in [0.3, 0.4) is 0 Å². The molecular weight excluding hydrogens is 437 g/mol. The van der Waals surface area contributed by atoms with Gasteiger partial charge in [-0.3, -0.25) is 14.9 Å². The van der Waals surface area contributed by atoms with E-state index in [0.717, 1.165) is 12.1 Å². The molecule has 0 aromatic heterocycles. The molecule has 1 N–H and O–H groups in total. The molecule has 3 rings (SSSR count). The zero-order valence-corrected chi connectivity index (χ0v) is 16.3. The van der Waals surface area contributed by atoms with Crippen molar-refractivity contribution in [3.8, 4) is 18.1 Å². The third-order valence-electron chi connectivity index (χ3n) is 4.15. The Labute approximate surface area is 179 Å². The number of amides is 4. The van der Waals surface area contributed by atoms with Crippen molar-refractivity contribution in [2.45, 2.75) is 6.18 Å². The number of carbonyl (C=O) groups is 3. The number of rotatable bonds is 4. The summed E-state index contributed by atoms with van der Waals surface area (Å²) in [5, 5.41) is 1.63. The second kappa shape index (κ2) is 8.53. The summed E-state index contributed by atoms with van der Waals surface area (Å²) in [6, 6.07) is 7.24. The molecule has 0 bridgehead atoms. The van der Waals surface area contributed by atoms with E-state index in [0.29, 0.717) is 22.6 Å². The van der Waals surface area contributed by atoms with Gasteiger partial charge in [-0.05, 0) is 30.3 Å². The van der Waals surface area contributed by atoms with Gasteiger partial charge in [0, 0.05) is 5.56 Å². The van der Waals surface area contributed by atoms with Crippen molar-refractivity contribution >= 4 is 41.2 Å². The Balaban J connectivity index is 2.07. The third-order valence-corrected chi connectivity index (χ3v) is 4.47. The SMILES string of the molecule is C#CCOc1ccccc1C=C1C(=O)NC(=O)N(c2cc(C(F)(F)F)ccc2Cl)C1=O. The van der Waals surface area contributed by atoms with Crippen LogP contribution >= 0.6 is 11.6 Å². The Morgan fingerprint density at radius 2 is 1.87 bits per heavy atom. The summed E-state index contributed by atoms with van der Waals surface area (Å²) in [6.07, 6.45) is 1.57. The Kier molecular flexibility index (Phi) is 6.04. The summed E-state index contributed by atoms with van der Waals surface area (Å²) in [5.41, 5.74) is -1.86. The molecule has 1 saturated heterocycles. The van der Waals surface area contributed by atoms with Crippen LogP contribution in [0.25, 0.3) is 6.08 Å². The predicted octanol–water partition coefficient (Wildman–Crippen LogP) is 4.04. The van der Waals surface area contributed by atoms with Gasteiger partial charge < -0.3 is 4.74 Å². The molecular formula is C21H12ClF3N2O4. The average Bonchev–Trinajstić information content (AvgIpc) is 2.70. The number of nitrogens with zero attached hydrogens (tertiary/aromatic N) is 1. The molecule has 0 spiro atoms. The summed E-state index contributed by atoms with van der Waals surface area (Å²) in [4.78, 5) is 37.9. The lowest BCUT2D eigenvalue weighted by molar-refractivity contribution is -0.137. The first-order valence-corrected chi connectivity index (χ1v) is 8.94. The summed E-state index contributed by atoms with van der Waals surface area (Å²) in [6.45, 7) is -0.0786. The number of alkyl halides is 3. The molecule has 6 nitrogen and oxygen atoms in total. The van der Waals surface area contributed by atoms with Gasteiger partial charge in [0.05, 0.1) is 16.3 Å². The highest BCUT2D eigenvalue weighted by atomic mass is 35.5. The van der Waals surface area contributed by atoms with Crippen LogP contribution in [0.15, 0.2) is 48.0 Å². The van der Waals surface area contributed by atoms with Crippen LogP contribution in [0.5, 0.6) is 5.75 Å². The number of hydrogen-bond donors (Lipinski definition) is 1. The topological polar surface area (TPSA) is 75.7 Å². The van der Waals surface area contributed by atoms with Crippen molar-refractivity contribution in [1.29, 1.82) is 0 Å². The molecule has 10 heteroatoms. The lowest BCUT2D eigenvalue weighted by atomic mass is 10.1. The van der Waals surface area contributed by atoms with Crippen molar-refractivity contribution in [2.75, 3.05) is 11.5 Å². The number of terminal acetylenes is 1. The number of nitrogens with one attached hydrogen (secondary N) is 1. The number of carbonyl (C=O) groups excluding carboxylic acids is 3. The highest BCUT2D eigenvalue weighted by molar-refractivity contribution is 6.42. The number of hydrogen-bond acceptors (Lipinski definition) is 4. The van der Waals surface area contributed by atoms with Gasteiger partial charge in [-0.15, -0.1) is 6.42 Å². The molecule has 1 heterocycles. The fourth-order valence-corrected chi connectivity index (χ4v) is 2.94. The summed E-state index contributed by atoms with van der Waals surface area (Å²) in [5.74, 6) is 0.355. The van der Waals surface area contributed by atoms with Crippen molar-refractivity contribution in [2.24, 2.45) is 0 Å². The maximum atomic E-state index is 13.1. The van der Waals surface area contributed by atoms with Gasteiger partial charge in [0.2, 0.25) is 0 Å². The fourth-order valence-electron chi connectivity index (χ4n) is 2.74.